The number of halogens is 1. The van der Waals surface area contributed by atoms with E-state index in [0.717, 1.165) is 18.4 Å². The Morgan fingerprint density at radius 2 is 2.05 bits per heavy atom. The first-order chi connectivity index (χ1) is 9.58. The van der Waals surface area contributed by atoms with Gasteiger partial charge in [0, 0.05) is 21.9 Å². The molecule has 3 nitrogen and oxygen atoms in total. The zero-order valence-corrected chi connectivity index (χ0v) is 13.2. The van der Waals surface area contributed by atoms with E-state index in [9.17, 15) is 9.00 Å². The van der Waals surface area contributed by atoms with Crippen LogP contribution in [0.3, 0.4) is 0 Å². The maximum absolute atomic E-state index is 12.3. The highest BCUT2D eigenvalue weighted by Crippen LogP contribution is 2.20. The highest BCUT2D eigenvalue weighted by Gasteiger charge is 2.24. The van der Waals surface area contributed by atoms with Crippen LogP contribution in [0.4, 0.5) is 0 Å². The number of rotatable bonds is 5. The van der Waals surface area contributed by atoms with Crippen LogP contribution < -0.4 is 5.32 Å². The minimum Gasteiger partial charge on any atom is -0.352 e. The molecule has 5 heteroatoms. The summed E-state index contributed by atoms with van der Waals surface area (Å²) in [5.41, 5.74) is 0.827. The third kappa shape index (κ3) is 4.06. The average molecular weight is 314 g/mol. The van der Waals surface area contributed by atoms with Crippen molar-refractivity contribution in [2.45, 2.75) is 49.7 Å². The summed E-state index contributed by atoms with van der Waals surface area (Å²) in [6, 6.07) is 7.59. The Morgan fingerprint density at radius 3 is 2.70 bits per heavy atom. The van der Waals surface area contributed by atoms with Gasteiger partial charge in [0.2, 0.25) is 5.91 Å². The van der Waals surface area contributed by atoms with Crippen molar-refractivity contribution in [3.8, 4) is 0 Å². The van der Waals surface area contributed by atoms with Crippen LogP contribution in [-0.2, 0) is 21.3 Å². The van der Waals surface area contributed by atoms with Crippen molar-refractivity contribution in [1.29, 1.82) is 0 Å². The van der Waals surface area contributed by atoms with Crippen LogP contribution in [-0.4, -0.2) is 21.4 Å². The molecule has 0 heterocycles. The molecular formula is C15H20ClNO2S. The Hall–Kier alpha value is -0.870. The maximum atomic E-state index is 12.3. The summed E-state index contributed by atoms with van der Waals surface area (Å²) in [4.78, 5) is 12.1. The molecule has 1 saturated carbocycles. The van der Waals surface area contributed by atoms with Crippen molar-refractivity contribution >= 4 is 28.3 Å². The quantitative estimate of drug-likeness (QED) is 0.908. The van der Waals surface area contributed by atoms with E-state index in [2.05, 4.69) is 5.32 Å². The predicted octanol–water partition coefficient (Wildman–Crippen LogP) is 3.04. The van der Waals surface area contributed by atoms with Gasteiger partial charge in [-0.1, -0.05) is 42.6 Å². The molecule has 2 rings (SSSR count). The minimum absolute atomic E-state index is 0.109. The molecule has 1 amide bonds. The third-order valence-corrected chi connectivity index (χ3v) is 5.69. The largest absolute Gasteiger partial charge is 0.352 e. The lowest BCUT2D eigenvalue weighted by molar-refractivity contribution is -0.121. The van der Waals surface area contributed by atoms with Crippen molar-refractivity contribution in [3.63, 3.8) is 0 Å². The lowest BCUT2D eigenvalue weighted by Gasteiger charge is -2.16. The van der Waals surface area contributed by atoms with Gasteiger partial charge in [-0.3, -0.25) is 9.00 Å². The molecular weight excluding hydrogens is 294 g/mol. The van der Waals surface area contributed by atoms with Crippen LogP contribution in [0.2, 0.25) is 5.02 Å². The van der Waals surface area contributed by atoms with Crippen LogP contribution in [0, 0.1) is 0 Å². The van der Waals surface area contributed by atoms with Gasteiger partial charge < -0.3 is 5.32 Å². The topological polar surface area (TPSA) is 46.2 Å². The Labute approximate surface area is 127 Å². The molecule has 0 saturated heterocycles. The molecule has 0 unspecified atom stereocenters. The van der Waals surface area contributed by atoms with Crippen molar-refractivity contribution in [3.05, 3.63) is 34.9 Å². The number of hydrogen-bond acceptors (Lipinski definition) is 2. The van der Waals surface area contributed by atoms with Gasteiger partial charge in [0.1, 0.15) is 5.25 Å². The van der Waals surface area contributed by atoms with Gasteiger partial charge in [-0.2, -0.15) is 0 Å². The highest BCUT2D eigenvalue weighted by atomic mass is 35.5. The fourth-order valence-corrected chi connectivity index (χ4v) is 3.80. The van der Waals surface area contributed by atoms with E-state index in [1.165, 1.54) is 12.8 Å². The van der Waals surface area contributed by atoms with E-state index in [1.807, 2.05) is 18.2 Å². The van der Waals surface area contributed by atoms with Crippen LogP contribution in [0.15, 0.2) is 24.3 Å². The first kappa shape index (κ1) is 15.5. The van der Waals surface area contributed by atoms with Crippen molar-refractivity contribution in [2.24, 2.45) is 0 Å². The van der Waals surface area contributed by atoms with Crippen LogP contribution >= 0.6 is 11.6 Å². The summed E-state index contributed by atoms with van der Waals surface area (Å²) in [6.07, 6.45) is 4.41. The molecule has 0 aromatic heterocycles. The average Bonchev–Trinajstić information content (AvgIpc) is 2.93. The molecule has 1 aromatic carbocycles. The first-order valence-corrected chi connectivity index (χ1v) is 8.75. The fourth-order valence-electron chi connectivity index (χ4n) is 2.40. The summed E-state index contributed by atoms with van der Waals surface area (Å²) >= 11 is 6.06. The number of carbonyl (C=O) groups excluding carboxylic acids is 1. The Bertz CT molecular complexity index is 500. The van der Waals surface area contributed by atoms with E-state index in [-0.39, 0.29) is 11.9 Å². The zero-order chi connectivity index (χ0) is 14.5. The van der Waals surface area contributed by atoms with Crippen LogP contribution in [0.1, 0.15) is 38.2 Å². The van der Waals surface area contributed by atoms with E-state index in [4.69, 9.17) is 11.6 Å². The van der Waals surface area contributed by atoms with Gasteiger partial charge >= 0.3 is 0 Å². The zero-order valence-electron chi connectivity index (χ0n) is 11.6. The van der Waals surface area contributed by atoms with Crippen LogP contribution in [0.5, 0.6) is 0 Å². The van der Waals surface area contributed by atoms with Crippen molar-refractivity contribution < 1.29 is 9.00 Å². The predicted molar refractivity (Wildman–Crippen MR) is 83.2 cm³/mol. The molecule has 0 bridgehead atoms. The molecule has 1 fully saturated rings. The first-order valence-electron chi connectivity index (χ1n) is 6.99. The number of nitrogens with one attached hydrogen (secondary N) is 1. The third-order valence-electron chi connectivity index (χ3n) is 3.72. The lowest BCUT2D eigenvalue weighted by atomic mass is 10.2. The SMILES string of the molecule is C[C@@H](C(=O)NC1CCCC1)[S@](=O)Cc1ccccc1Cl. The smallest absolute Gasteiger partial charge is 0.235 e. The molecule has 1 N–H and O–H groups in total. The van der Waals surface area contributed by atoms with Crippen molar-refractivity contribution in [1.82, 2.24) is 5.32 Å². The molecule has 110 valence electrons. The van der Waals surface area contributed by atoms with Crippen LogP contribution in [0.25, 0.3) is 0 Å². The Kier molecular flexibility index (Phi) is 5.61. The van der Waals surface area contributed by atoms with Gasteiger partial charge in [0.05, 0.1) is 5.75 Å². The maximum Gasteiger partial charge on any atom is 0.235 e. The number of hydrogen-bond donors (Lipinski definition) is 1. The van der Waals surface area contributed by atoms with E-state index in [1.54, 1.807) is 13.0 Å². The number of amides is 1. The molecule has 0 aliphatic heterocycles. The highest BCUT2D eigenvalue weighted by molar-refractivity contribution is 7.85. The molecule has 0 spiro atoms. The van der Waals surface area contributed by atoms with E-state index < -0.39 is 16.0 Å². The Morgan fingerprint density at radius 1 is 1.40 bits per heavy atom. The van der Waals surface area contributed by atoms with Gasteiger partial charge in [-0.15, -0.1) is 0 Å². The summed E-state index contributed by atoms with van der Waals surface area (Å²) in [7, 11) is -1.25. The molecule has 1 aliphatic carbocycles. The van der Waals surface area contributed by atoms with E-state index >= 15 is 0 Å². The van der Waals surface area contributed by atoms with Crippen molar-refractivity contribution in [2.75, 3.05) is 0 Å². The van der Waals surface area contributed by atoms with Gasteiger partial charge in [-0.05, 0) is 31.4 Å². The standard InChI is InChI=1S/C15H20ClNO2S/c1-11(15(18)17-13-7-3-4-8-13)20(19)10-12-6-2-5-9-14(12)16/h2,5-6,9,11,13H,3-4,7-8,10H2,1H3,(H,17,18)/t11-,20+/m0/s1. The monoisotopic (exact) mass is 313 g/mol. The molecule has 0 radical (unpaired) electrons. The van der Waals surface area contributed by atoms with Gasteiger partial charge in [0.25, 0.3) is 0 Å². The Balaban J connectivity index is 1.91. The summed E-state index contributed by atoms with van der Waals surface area (Å²) in [5.74, 6) is 0.209. The van der Waals surface area contributed by atoms with Gasteiger partial charge in [0.15, 0.2) is 0 Å². The lowest BCUT2D eigenvalue weighted by Crippen LogP contribution is -2.40. The fraction of sp³-hybridized carbons (Fsp3) is 0.533. The summed E-state index contributed by atoms with van der Waals surface area (Å²) in [6.45, 7) is 1.72. The molecule has 2 atom stereocenters. The summed E-state index contributed by atoms with van der Waals surface area (Å²) < 4.78 is 12.3. The van der Waals surface area contributed by atoms with E-state index in [0.29, 0.717) is 10.8 Å². The second-order valence-corrected chi connectivity index (χ2v) is 7.41. The number of benzene rings is 1. The normalized spacial score (nSPS) is 18.7. The minimum atomic E-state index is -1.25. The number of carbonyl (C=O) groups is 1. The molecule has 20 heavy (non-hydrogen) atoms. The van der Waals surface area contributed by atoms with Gasteiger partial charge in [-0.25, -0.2) is 0 Å². The second-order valence-electron chi connectivity index (χ2n) is 5.25. The molecule has 1 aliphatic rings. The second kappa shape index (κ2) is 7.23. The molecule has 1 aromatic rings. The summed E-state index contributed by atoms with van der Waals surface area (Å²) in [5, 5.41) is 3.09.